The topological polar surface area (TPSA) is 76.8 Å². The number of nitrogens with zero attached hydrogens (tertiary/aromatic N) is 2. The molecule has 2 aromatic rings. The number of aryl methyl sites for hydroxylation is 1. The Morgan fingerprint density at radius 1 is 1.06 bits per heavy atom. The Bertz CT molecular complexity index is 576. The zero-order valence-corrected chi connectivity index (χ0v) is 10.3. The lowest BCUT2D eigenvalue weighted by molar-refractivity contribution is 1.05. The molecule has 0 saturated carbocycles. The van der Waals surface area contributed by atoms with Crippen molar-refractivity contribution in [2.45, 2.75) is 13.5 Å². The van der Waals surface area contributed by atoms with E-state index >= 15 is 0 Å². The molecule has 18 heavy (non-hydrogen) atoms. The Kier molecular flexibility index (Phi) is 3.69. The van der Waals surface area contributed by atoms with E-state index in [1.54, 1.807) is 0 Å². The lowest BCUT2D eigenvalue weighted by atomic mass is 10.2. The summed E-state index contributed by atoms with van der Waals surface area (Å²) in [6, 6.07) is 13.3. The standard InChI is InChI=1S/C14H16N4/c1-10-6-7-12(8-13(10)16)17-18-14-5-3-2-4-11(14)9-15/h2-8H,9,15-16H2,1H3. The van der Waals surface area contributed by atoms with Gasteiger partial charge in [0.15, 0.2) is 0 Å². The highest BCUT2D eigenvalue weighted by Gasteiger charge is 1.98. The molecular weight excluding hydrogens is 224 g/mol. The van der Waals surface area contributed by atoms with Crippen LogP contribution in [0.15, 0.2) is 52.7 Å². The van der Waals surface area contributed by atoms with Crippen molar-refractivity contribution in [3.63, 3.8) is 0 Å². The van der Waals surface area contributed by atoms with Gasteiger partial charge in [0.1, 0.15) is 0 Å². The number of azo groups is 1. The van der Waals surface area contributed by atoms with E-state index in [0.717, 1.165) is 28.2 Å². The van der Waals surface area contributed by atoms with Crippen molar-refractivity contribution in [3.05, 3.63) is 53.6 Å². The lowest BCUT2D eigenvalue weighted by Gasteiger charge is -2.02. The normalized spacial score (nSPS) is 11.0. The number of anilines is 1. The summed E-state index contributed by atoms with van der Waals surface area (Å²) in [7, 11) is 0. The van der Waals surface area contributed by atoms with Gasteiger partial charge in [-0.25, -0.2) is 0 Å². The van der Waals surface area contributed by atoms with E-state index in [1.165, 1.54) is 0 Å². The molecule has 0 aliphatic rings. The molecule has 4 heteroatoms. The quantitative estimate of drug-likeness (QED) is 0.636. The van der Waals surface area contributed by atoms with Gasteiger partial charge in [0.05, 0.1) is 11.4 Å². The second-order valence-corrected chi connectivity index (χ2v) is 4.07. The number of nitrogens with two attached hydrogens (primary N) is 2. The molecule has 92 valence electrons. The predicted molar refractivity (Wildman–Crippen MR) is 74.1 cm³/mol. The third kappa shape index (κ3) is 2.73. The minimum atomic E-state index is 0.450. The SMILES string of the molecule is Cc1ccc(N=Nc2ccccc2CN)cc1N. The van der Waals surface area contributed by atoms with E-state index in [4.69, 9.17) is 11.5 Å². The van der Waals surface area contributed by atoms with Crippen LogP contribution in [0.5, 0.6) is 0 Å². The van der Waals surface area contributed by atoms with Gasteiger partial charge in [-0.3, -0.25) is 0 Å². The summed E-state index contributed by atoms with van der Waals surface area (Å²) in [4.78, 5) is 0. The van der Waals surface area contributed by atoms with Crippen LogP contribution in [-0.2, 0) is 6.54 Å². The second kappa shape index (κ2) is 5.42. The first-order valence-electron chi connectivity index (χ1n) is 5.76. The van der Waals surface area contributed by atoms with E-state index in [9.17, 15) is 0 Å². The van der Waals surface area contributed by atoms with E-state index in [2.05, 4.69) is 10.2 Å². The maximum Gasteiger partial charge on any atom is 0.0901 e. The van der Waals surface area contributed by atoms with Crippen LogP contribution in [0.25, 0.3) is 0 Å². The molecule has 2 rings (SSSR count). The summed E-state index contributed by atoms with van der Waals surface area (Å²) in [5, 5.41) is 8.38. The molecule has 4 N–H and O–H groups in total. The van der Waals surface area contributed by atoms with Gasteiger partial charge in [-0.1, -0.05) is 24.3 Å². The fourth-order valence-electron chi connectivity index (χ4n) is 1.58. The summed E-state index contributed by atoms with van der Waals surface area (Å²) in [6.45, 7) is 2.41. The van der Waals surface area contributed by atoms with Crippen LogP contribution in [0.3, 0.4) is 0 Å². The fourth-order valence-corrected chi connectivity index (χ4v) is 1.58. The number of hydrogen-bond acceptors (Lipinski definition) is 4. The molecule has 0 fully saturated rings. The van der Waals surface area contributed by atoms with E-state index in [1.807, 2.05) is 49.4 Å². The first kappa shape index (κ1) is 12.3. The summed E-state index contributed by atoms with van der Waals surface area (Å²) in [6.07, 6.45) is 0. The van der Waals surface area contributed by atoms with Crippen LogP contribution in [0.2, 0.25) is 0 Å². The van der Waals surface area contributed by atoms with Crippen LogP contribution < -0.4 is 11.5 Å². The molecule has 0 bridgehead atoms. The van der Waals surface area contributed by atoms with Crippen LogP contribution in [0.4, 0.5) is 17.1 Å². The molecule has 0 aromatic heterocycles. The number of benzene rings is 2. The molecular formula is C14H16N4. The van der Waals surface area contributed by atoms with Crippen LogP contribution >= 0.6 is 0 Å². The van der Waals surface area contributed by atoms with Gasteiger partial charge in [-0.15, -0.1) is 0 Å². The number of nitrogen functional groups attached to an aromatic ring is 1. The Balaban J connectivity index is 2.27. The van der Waals surface area contributed by atoms with Crippen molar-refractivity contribution >= 4 is 17.1 Å². The zero-order chi connectivity index (χ0) is 13.0. The summed E-state index contributed by atoms with van der Waals surface area (Å²) >= 11 is 0. The van der Waals surface area contributed by atoms with Crippen molar-refractivity contribution in [1.29, 1.82) is 0 Å². The van der Waals surface area contributed by atoms with Gasteiger partial charge in [0.2, 0.25) is 0 Å². The number of rotatable bonds is 3. The van der Waals surface area contributed by atoms with Crippen molar-refractivity contribution < 1.29 is 0 Å². The largest absolute Gasteiger partial charge is 0.398 e. The van der Waals surface area contributed by atoms with Gasteiger partial charge >= 0.3 is 0 Å². The molecule has 0 heterocycles. The van der Waals surface area contributed by atoms with Gasteiger partial charge in [-0.05, 0) is 36.2 Å². The summed E-state index contributed by atoms with van der Waals surface area (Å²) in [5.41, 5.74) is 15.7. The van der Waals surface area contributed by atoms with Gasteiger partial charge in [0, 0.05) is 12.2 Å². The van der Waals surface area contributed by atoms with E-state index < -0.39 is 0 Å². The Labute approximate surface area is 106 Å². The predicted octanol–water partition coefficient (Wildman–Crippen LogP) is 3.45. The van der Waals surface area contributed by atoms with Crippen LogP contribution in [-0.4, -0.2) is 0 Å². The van der Waals surface area contributed by atoms with Crippen molar-refractivity contribution in [1.82, 2.24) is 0 Å². The molecule has 0 aliphatic carbocycles. The summed E-state index contributed by atoms with van der Waals surface area (Å²) in [5.74, 6) is 0. The van der Waals surface area contributed by atoms with Crippen molar-refractivity contribution in [2.75, 3.05) is 5.73 Å². The van der Waals surface area contributed by atoms with Gasteiger partial charge in [0.25, 0.3) is 0 Å². The highest BCUT2D eigenvalue weighted by Crippen LogP contribution is 2.24. The lowest BCUT2D eigenvalue weighted by Crippen LogP contribution is -1.95. The molecule has 4 nitrogen and oxygen atoms in total. The first-order chi connectivity index (χ1) is 8.70. The molecule has 0 spiro atoms. The molecule has 0 aliphatic heterocycles. The molecule has 0 unspecified atom stereocenters. The Morgan fingerprint density at radius 2 is 1.83 bits per heavy atom. The average molecular weight is 240 g/mol. The fraction of sp³-hybridized carbons (Fsp3) is 0.143. The van der Waals surface area contributed by atoms with Crippen molar-refractivity contribution in [2.24, 2.45) is 16.0 Å². The Hall–Kier alpha value is -2.20. The number of hydrogen-bond donors (Lipinski definition) is 2. The third-order valence-corrected chi connectivity index (χ3v) is 2.75. The first-order valence-corrected chi connectivity index (χ1v) is 5.76. The highest BCUT2D eigenvalue weighted by atomic mass is 15.1. The van der Waals surface area contributed by atoms with Gasteiger partial charge in [-0.2, -0.15) is 10.2 Å². The minimum Gasteiger partial charge on any atom is -0.398 e. The Morgan fingerprint density at radius 3 is 2.56 bits per heavy atom. The average Bonchev–Trinajstić information content (AvgIpc) is 2.40. The summed E-state index contributed by atoms with van der Waals surface area (Å²) < 4.78 is 0. The molecule has 0 radical (unpaired) electrons. The van der Waals surface area contributed by atoms with E-state index in [0.29, 0.717) is 6.54 Å². The third-order valence-electron chi connectivity index (χ3n) is 2.75. The molecule has 0 amide bonds. The minimum absolute atomic E-state index is 0.450. The second-order valence-electron chi connectivity index (χ2n) is 4.07. The maximum absolute atomic E-state index is 5.82. The van der Waals surface area contributed by atoms with Crippen LogP contribution in [0.1, 0.15) is 11.1 Å². The van der Waals surface area contributed by atoms with Gasteiger partial charge < -0.3 is 11.5 Å². The monoisotopic (exact) mass is 240 g/mol. The smallest absolute Gasteiger partial charge is 0.0901 e. The molecule has 0 atom stereocenters. The van der Waals surface area contributed by atoms with Crippen molar-refractivity contribution in [3.8, 4) is 0 Å². The van der Waals surface area contributed by atoms with Crippen LogP contribution in [0, 0.1) is 6.92 Å². The van der Waals surface area contributed by atoms with E-state index in [-0.39, 0.29) is 0 Å². The maximum atomic E-state index is 5.82. The molecule has 0 saturated heterocycles. The highest BCUT2D eigenvalue weighted by molar-refractivity contribution is 5.56. The molecule has 2 aromatic carbocycles. The zero-order valence-electron chi connectivity index (χ0n) is 10.3.